The summed E-state index contributed by atoms with van der Waals surface area (Å²) < 4.78 is 11.5. The van der Waals surface area contributed by atoms with Crippen molar-refractivity contribution >= 4 is 131 Å². The monoisotopic (exact) mass is 1320 g/mol. The van der Waals surface area contributed by atoms with Gasteiger partial charge in [0.25, 0.3) is 0 Å². The zero-order chi connectivity index (χ0) is 33.9. The molecule has 0 saturated carbocycles. The van der Waals surface area contributed by atoms with Crippen LogP contribution in [0.3, 0.4) is 0 Å². The van der Waals surface area contributed by atoms with Crippen LogP contribution in [-0.2, 0) is 23.9 Å². The van der Waals surface area contributed by atoms with Crippen molar-refractivity contribution in [3.05, 3.63) is 12.7 Å². The Hall–Kier alpha value is 2.83. The summed E-state index contributed by atoms with van der Waals surface area (Å²) in [5, 5.41) is 10.2. The molecule has 3 rings (SSSR count). The molecule has 0 spiro atoms. The molecule has 3 saturated heterocycles. The summed E-state index contributed by atoms with van der Waals surface area (Å²) in [6.07, 6.45) is 7.78. The zero-order valence-electron chi connectivity index (χ0n) is 27.3. The van der Waals surface area contributed by atoms with E-state index in [2.05, 4.69) is 124 Å². The molecule has 3 fully saturated rings. The topological polar surface area (TPSA) is 98.2 Å². The van der Waals surface area contributed by atoms with Crippen LogP contribution < -0.4 is 13.3 Å². The van der Waals surface area contributed by atoms with Crippen LogP contribution in [0.15, 0.2) is 12.7 Å². The van der Waals surface area contributed by atoms with Crippen LogP contribution in [0.4, 0.5) is 0 Å². The first-order chi connectivity index (χ1) is 20.1. The molecule has 264 valence electrons. The second kappa shape index (κ2) is 28.5. The van der Waals surface area contributed by atoms with Crippen LogP contribution in [0.5, 0.6) is 0 Å². The normalized spacial score (nSPS) is 26.6. The first-order valence-electron chi connectivity index (χ1n) is 14.4. The summed E-state index contributed by atoms with van der Waals surface area (Å²) in [7, 11) is 4.03. The molecule has 8 nitrogen and oxygen atoms in total. The molecule has 0 radical (unpaired) electrons. The Labute approximate surface area is 338 Å². The number of carbonyl (C=O) groups excluding carboxylic acids is 2. The number of hydrogen-bond donors (Lipinski definition) is 1. The Morgan fingerprint density at radius 1 is 0.773 bits per heavy atom. The van der Waals surface area contributed by atoms with Crippen molar-refractivity contribution in [2.45, 2.75) is 40.0 Å². The number of Topliss-reactive ketones (excluding diaryl/α,β-unsaturated/α-hetero) is 1. The van der Waals surface area contributed by atoms with Gasteiger partial charge in [-0.1, -0.05) is 46.6 Å². The van der Waals surface area contributed by atoms with Crippen molar-refractivity contribution in [2.75, 3.05) is 72.9 Å². The van der Waals surface area contributed by atoms with E-state index in [1.54, 1.807) is 12.5 Å². The number of aliphatic carboxylic acids is 1. The first kappa shape index (κ1) is 51.2. The van der Waals surface area contributed by atoms with Crippen LogP contribution >= 0.6 is 98.4 Å². The summed E-state index contributed by atoms with van der Waals surface area (Å²) in [6.45, 7) is 15.2. The Balaban J connectivity index is -0.000000532. The van der Waals surface area contributed by atoms with Gasteiger partial charge in [-0.25, -0.2) is 0 Å². The average molecular weight is 1320 g/mol. The van der Waals surface area contributed by atoms with Crippen LogP contribution in [0.2, 0.25) is 0 Å². The van der Waals surface area contributed by atoms with Crippen LogP contribution in [-0.4, -0.2) is 120 Å². The van der Waals surface area contributed by atoms with Gasteiger partial charge < -0.3 is 19.8 Å². The van der Waals surface area contributed by atoms with E-state index in [-0.39, 0.29) is 53.3 Å². The molecule has 0 amide bonds. The molecule has 0 aromatic heterocycles. The average Bonchev–Trinajstić information content (AvgIpc) is 3.64. The van der Waals surface area contributed by atoms with Gasteiger partial charge >= 0.3 is 56.5 Å². The van der Waals surface area contributed by atoms with Crippen LogP contribution in [0.1, 0.15) is 40.0 Å². The number of carboxylic acid groups (broad SMARTS) is 1. The van der Waals surface area contributed by atoms with Gasteiger partial charge in [0.2, 0.25) is 0 Å². The minimum absolute atomic E-state index is 0. The number of nitrogens with zero attached hydrogens (tertiary/aromatic N) is 3. The third-order valence-electron chi connectivity index (χ3n) is 8.09. The molecular formula is C29H54I6N3O5S-. The van der Waals surface area contributed by atoms with E-state index in [0.717, 1.165) is 52.0 Å². The number of hydrogen-bond acceptors (Lipinski definition) is 7. The van der Waals surface area contributed by atoms with Crippen molar-refractivity contribution in [3.63, 3.8) is 0 Å². The number of carboxylic acids is 1. The maximum absolute atomic E-state index is 11.9. The van der Waals surface area contributed by atoms with Crippen molar-refractivity contribution in [2.24, 2.45) is 35.5 Å². The Morgan fingerprint density at radius 2 is 1.07 bits per heavy atom. The van der Waals surface area contributed by atoms with Gasteiger partial charge in [0.1, 0.15) is 0 Å². The Bertz CT molecular complexity index is 962. The van der Waals surface area contributed by atoms with E-state index in [0.29, 0.717) is 37.6 Å². The van der Waals surface area contributed by atoms with Crippen LogP contribution in [0.25, 0.3) is 0 Å². The molecular weight excluding hydrogens is 1260 g/mol. The molecule has 3 heterocycles. The van der Waals surface area contributed by atoms with E-state index in [1.807, 2.05) is 14.1 Å². The molecule has 0 aromatic carbocycles. The minimum atomic E-state index is -2.05. The number of ketones is 2. The van der Waals surface area contributed by atoms with Gasteiger partial charge in [-0.05, 0) is 54.5 Å². The van der Waals surface area contributed by atoms with Crippen molar-refractivity contribution in [1.29, 1.82) is 0 Å². The Morgan fingerprint density at radius 3 is 1.32 bits per heavy atom. The number of halogens is 6. The summed E-state index contributed by atoms with van der Waals surface area (Å²) in [6, 6.07) is 0. The van der Waals surface area contributed by atoms with Gasteiger partial charge in [0.15, 0.2) is 11.6 Å². The summed E-state index contributed by atoms with van der Waals surface area (Å²) in [4.78, 5) is 40.5. The maximum atomic E-state index is 11.9. The van der Waals surface area contributed by atoms with Crippen molar-refractivity contribution in [1.82, 2.24) is 14.7 Å². The molecule has 0 aliphatic carbocycles. The van der Waals surface area contributed by atoms with Gasteiger partial charge in [0, 0.05) is 106 Å². The molecule has 15 heteroatoms. The summed E-state index contributed by atoms with van der Waals surface area (Å²) >= 11 is 9.54. The number of allylic oxidation sites excluding steroid dienone is 1. The molecule has 6 atom stereocenters. The van der Waals surface area contributed by atoms with Gasteiger partial charge in [-0.15, -0.1) is 24.0 Å². The van der Waals surface area contributed by atoms with Gasteiger partial charge in [-0.2, -0.15) is 0 Å². The third-order valence-corrected chi connectivity index (χ3v) is 8.89. The third kappa shape index (κ3) is 21.1. The Kier molecular flexibility index (Phi) is 33.2. The number of carbonyl (C=O) groups is 3. The fourth-order valence-electron chi connectivity index (χ4n) is 5.94. The van der Waals surface area contributed by atoms with Gasteiger partial charge in [0.05, 0.1) is 5.92 Å². The number of rotatable bonds is 8. The standard InChI is InChI=1S/C11H21NO2S.C10H17NO.C8H15NO2.I3.I2.HI/c1-5-9-6-12(2)7-10(9)11(13)8-15(3,4)14;1-4-8-6-11(3)7-9(8)10(12)5-2;1-3-6-4-9(2)5-7(6)8(10)11;1-3-2;1-2;/h8-10H,5-7H2,1-4H3;5,8-9H,2,4,6-7H2,1,3H3;6-7H,3-5H2,1-2H3,(H,10,11);;;1H/q;;;-1;;/t9-,10+;8-,9+;6-,7+;;;/m111.../s1. The summed E-state index contributed by atoms with van der Waals surface area (Å²) in [5.74, 6) is 1.11. The zero-order valence-corrected chi connectivity index (χ0v) is 41.3. The molecule has 0 aromatic rings. The molecule has 0 unspecified atom stereocenters. The molecule has 3 aliphatic heterocycles. The molecule has 0 bridgehead atoms. The predicted molar refractivity (Wildman–Crippen MR) is 230 cm³/mol. The quantitative estimate of drug-likeness (QED) is 0.224. The SMILES string of the molecule is C=CC(=O)[C@H]1CN(C)C[C@H]1CC.CC[C@@H]1CN(C)C[C@@H]1C(=O)C=S(C)(C)=O.CC[C@@H]1CN(C)C[C@@H]1C(=O)O.I.II.I[I-]I. The van der Waals surface area contributed by atoms with Gasteiger partial charge in [-0.3, -0.25) is 18.6 Å². The molecule has 1 N–H and O–H groups in total. The fraction of sp³-hybridized carbons (Fsp3) is 0.793. The van der Waals surface area contributed by atoms with E-state index >= 15 is 0 Å². The molecule has 44 heavy (non-hydrogen) atoms. The first-order valence-corrected chi connectivity index (χ1v) is 35.7. The molecule has 3 aliphatic rings. The van der Waals surface area contributed by atoms with Crippen molar-refractivity contribution < 1.29 is 37.0 Å². The predicted octanol–water partition coefficient (Wildman–Crippen LogP) is 3.64. The summed E-state index contributed by atoms with van der Waals surface area (Å²) in [5.41, 5.74) is 0. The van der Waals surface area contributed by atoms with E-state index in [4.69, 9.17) is 5.11 Å². The van der Waals surface area contributed by atoms with Crippen molar-refractivity contribution in [3.8, 4) is 0 Å². The second-order valence-electron chi connectivity index (χ2n) is 11.8. The van der Waals surface area contributed by atoms with E-state index in [1.165, 1.54) is 11.4 Å². The van der Waals surface area contributed by atoms with E-state index in [9.17, 15) is 18.6 Å². The number of likely N-dealkylation sites (tertiary alicyclic amines) is 3. The second-order valence-corrected chi connectivity index (χ2v) is 30.9. The van der Waals surface area contributed by atoms with E-state index < -0.39 is 15.5 Å². The fourth-order valence-corrected chi connectivity index (χ4v) is 6.68. The van der Waals surface area contributed by atoms with Crippen LogP contribution in [0, 0.1) is 35.5 Å².